The molecule has 1 aliphatic rings. The summed E-state index contributed by atoms with van der Waals surface area (Å²) < 4.78 is 0. The molecule has 0 aliphatic carbocycles. The maximum absolute atomic E-state index is 12.3. The van der Waals surface area contributed by atoms with Gasteiger partial charge in [-0.3, -0.25) is 4.90 Å². The molecule has 1 aromatic carbocycles. The van der Waals surface area contributed by atoms with Crippen LogP contribution in [0.1, 0.15) is 22.8 Å². The second-order valence-electron chi connectivity index (χ2n) is 5.66. The minimum atomic E-state index is -0.944. The fraction of sp³-hybridized carbons (Fsp3) is 0.467. The van der Waals surface area contributed by atoms with E-state index >= 15 is 0 Å². The van der Waals surface area contributed by atoms with Crippen LogP contribution in [0, 0.1) is 0 Å². The largest absolute Gasteiger partial charge is 0.478 e. The Kier molecular flexibility index (Phi) is 4.47. The van der Waals surface area contributed by atoms with Crippen molar-refractivity contribution in [2.45, 2.75) is 19.4 Å². The molecule has 0 spiro atoms. The summed E-state index contributed by atoms with van der Waals surface area (Å²) in [5, 5.41) is 12.0. The number of carboxylic acids is 1. The first kappa shape index (κ1) is 15.3. The zero-order chi connectivity index (χ0) is 15.6. The van der Waals surface area contributed by atoms with E-state index in [0.717, 1.165) is 17.8 Å². The molecular weight excluding hydrogens is 270 g/mol. The number of anilines is 1. The van der Waals surface area contributed by atoms with Crippen molar-refractivity contribution in [3.63, 3.8) is 0 Å². The van der Waals surface area contributed by atoms with Crippen LogP contribution >= 0.6 is 0 Å². The van der Waals surface area contributed by atoms with E-state index in [1.165, 1.54) is 6.07 Å². The molecule has 0 fully saturated rings. The minimum absolute atomic E-state index is 0.0508. The van der Waals surface area contributed by atoms with Gasteiger partial charge in [0.1, 0.15) is 0 Å². The molecule has 2 amide bonds. The Labute approximate surface area is 124 Å². The second kappa shape index (κ2) is 6.13. The first-order valence-electron chi connectivity index (χ1n) is 6.97. The normalized spacial score (nSPS) is 15.0. The highest BCUT2D eigenvalue weighted by atomic mass is 16.4. The van der Waals surface area contributed by atoms with E-state index in [1.807, 2.05) is 25.9 Å². The van der Waals surface area contributed by atoms with Crippen molar-refractivity contribution in [1.82, 2.24) is 10.2 Å². The number of rotatable bonds is 4. The molecule has 0 saturated heterocycles. The van der Waals surface area contributed by atoms with E-state index in [1.54, 1.807) is 17.0 Å². The summed E-state index contributed by atoms with van der Waals surface area (Å²) in [5.41, 5.74) is 1.97. The summed E-state index contributed by atoms with van der Waals surface area (Å²) in [6.07, 6.45) is 0.686. The van der Waals surface area contributed by atoms with Gasteiger partial charge in [0.2, 0.25) is 0 Å². The van der Waals surface area contributed by atoms with Crippen molar-refractivity contribution in [1.29, 1.82) is 0 Å². The van der Waals surface area contributed by atoms with Crippen LogP contribution in [0.2, 0.25) is 0 Å². The van der Waals surface area contributed by atoms with E-state index < -0.39 is 5.97 Å². The lowest BCUT2D eigenvalue weighted by molar-refractivity contribution is 0.0697. The number of carbonyl (C=O) groups excluding carboxylic acids is 1. The van der Waals surface area contributed by atoms with Gasteiger partial charge in [0.15, 0.2) is 0 Å². The SMILES string of the molecule is CC(CN(C)C)NC(=O)N1CCc2cc(C(=O)O)ccc21. The van der Waals surface area contributed by atoms with Crippen molar-refractivity contribution in [3.05, 3.63) is 29.3 Å². The number of benzene rings is 1. The molecule has 0 aromatic heterocycles. The van der Waals surface area contributed by atoms with Gasteiger partial charge in [0, 0.05) is 24.8 Å². The number of carbonyl (C=O) groups is 2. The predicted octanol–water partition coefficient (Wildman–Crippen LogP) is 1.41. The number of carboxylic acid groups (broad SMARTS) is 1. The van der Waals surface area contributed by atoms with Gasteiger partial charge in [-0.15, -0.1) is 0 Å². The van der Waals surface area contributed by atoms with Gasteiger partial charge in [-0.05, 0) is 51.2 Å². The molecule has 114 valence electrons. The number of urea groups is 1. The van der Waals surface area contributed by atoms with Crippen LogP contribution in [0.25, 0.3) is 0 Å². The average molecular weight is 291 g/mol. The number of likely N-dealkylation sites (N-methyl/N-ethyl adjacent to an activating group) is 1. The Morgan fingerprint density at radius 1 is 1.43 bits per heavy atom. The molecule has 2 rings (SSSR count). The first-order chi connectivity index (χ1) is 9.88. The van der Waals surface area contributed by atoms with Gasteiger partial charge in [-0.2, -0.15) is 0 Å². The maximum atomic E-state index is 12.3. The Hall–Kier alpha value is -2.08. The first-order valence-corrected chi connectivity index (χ1v) is 6.97. The molecule has 6 nitrogen and oxygen atoms in total. The van der Waals surface area contributed by atoms with E-state index in [2.05, 4.69) is 5.32 Å². The van der Waals surface area contributed by atoms with Crippen LogP contribution in [0.4, 0.5) is 10.5 Å². The number of hydrogen-bond donors (Lipinski definition) is 2. The third-order valence-electron chi connectivity index (χ3n) is 3.48. The summed E-state index contributed by atoms with van der Waals surface area (Å²) in [6, 6.07) is 4.81. The van der Waals surface area contributed by atoms with Crippen LogP contribution in [0.15, 0.2) is 18.2 Å². The van der Waals surface area contributed by atoms with Crippen molar-refractivity contribution < 1.29 is 14.7 Å². The quantitative estimate of drug-likeness (QED) is 0.879. The molecule has 1 heterocycles. The molecule has 0 radical (unpaired) electrons. The average Bonchev–Trinajstić information content (AvgIpc) is 2.80. The summed E-state index contributed by atoms with van der Waals surface area (Å²) in [6.45, 7) is 3.31. The van der Waals surface area contributed by atoms with Gasteiger partial charge in [0.25, 0.3) is 0 Å². The van der Waals surface area contributed by atoms with Gasteiger partial charge in [0.05, 0.1) is 5.56 Å². The summed E-state index contributed by atoms with van der Waals surface area (Å²) in [4.78, 5) is 27.0. The lowest BCUT2D eigenvalue weighted by atomic mass is 10.1. The summed E-state index contributed by atoms with van der Waals surface area (Å²) in [7, 11) is 3.92. The molecule has 1 unspecified atom stereocenters. The Balaban J connectivity index is 2.08. The number of hydrogen-bond acceptors (Lipinski definition) is 3. The van der Waals surface area contributed by atoms with Gasteiger partial charge >= 0.3 is 12.0 Å². The van der Waals surface area contributed by atoms with Crippen LogP contribution in [-0.4, -0.2) is 55.2 Å². The fourth-order valence-corrected chi connectivity index (χ4v) is 2.63. The zero-order valence-electron chi connectivity index (χ0n) is 12.6. The molecule has 0 bridgehead atoms. The van der Waals surface area contributed by atoms with Crippen molar-refractivity contribution in [2.75, 3.05) is 32.1 Å². The smallest absolute Gasteiger partial charge is 0.335 e. The molecule has 1 aromatic rings. The monoisotopic (exact) mass is 291 g/mol. The standard InChI is InChI=1S/C15H21N3O3/c1-10(9-17(2)3)16-15(21)18-7-6-11-8-12(14(19)20)4-5-13(11)18/h4-5,8,10H,6-7,9H2,1-3H3,(H,16,21)(H,19,20). The third-order valence-corrected chi connectivity index (χ3v) is 3.48. The number of aromatic carboxylic acids is 1. The molecule has 2 N–H and O–H groups in total. The van der Waals surface area contributed by atoms with Crippen LogP contribution in [-0.2, 0) is 6.42 Å². The van der Waals surface area contributed by atoms with E-state index in [0.29, 0.717) is 13.0 Å². The van der Waals surface area contributed by atoms with Crippen LogP contribution in [0.5, 0.6) is 0 Å². The number of fused-ring (bicyclic) bond motifs is 1. The number of nitrogens with one attached hydrogen (secondary N) is 1. The molecule has 1 atom stereocenters. The van der Waals surface area contributed by atoms with Crippen LogP contribution < -0.4 is 10.2 Å². The highest BCUT2D eigenvalue weighted by Gasteiger charge is 2.26. The van der Waals surface area contributed by atoms with Gasteiger partial charge in [-0.25, -0.2) is 9.59 Å². The van der Waals surface area contributed by atoms with E-state index in [4.69, 9.17) is 5.11 Å². The molecular formula is C15H21N3O3. The lowest BCUT2D eigenvalue weighted by Gasteiger charge is -2.23. The summed E-state index contributed by atoms with van der Waals surface area (Å²) in [5.74, 6) is -0.944. The topological polar surface area (TPSA) is 72.9 Å². The number of amides is 2. The maximum Gasteiger partial charge on any atom is 0.335 e. The third kappa shape index (κ3) is 3.52. The Morgan fingerprint density at radius 3 is 2.76 bits per heavy atom. The van der Waals surface area contributed by atoms with E-state index in [9.17, 15) is 9.59 Å². The highest BCUT2D eigenvalue weighted by molar-refractivity contribution is 5.96. The molecule has 0 saturated carbocycles. The second-order valence-corrected chi connectivity index (χ2v) is 5.66. The van der Waals surface area contributed by atoms with Gasteiger partial charge < -0.3 is 15.3 Å². The molecule has 1 aliphatic heterocycles. The lowest BCUT2D eigenvalue weighted by Crippen LogP contribution is -2.46. The number of nitrogens with zero attached hydrogens (tertiary/aromatic N) is 2. The minimum Gasteiger partial charge on any atom is -0.478 e. The molecule has 6 heteroatoms. The predicted molar refractivity (Wildman–Crippen MR) is 81.0 cm³/mol. The molecule has 21 heavy (non-hydrogen) atoms. The highest BCUT2D eigenvalue weighted by Crippen LogP contribution is 2.28. The van der Waals surface area contributed by atoms with Gasteiger partial charge in [-0.1, -0.05) is 0 Å². The Morgan fingerprint density at radius 2 is 2.14 bits per heavy atom. The fourth-order valence-electron chi connectivity index (χ4n) is 2.63. The Bertz CT molecular complexity index is 557. The van der Waals surface area contributed by atoms with E-state index in [-0.39, 0.29) is 17.6 Å². The van der Waals surface area contributed by atoms with Crippen molar-refractivity contribution in [3.8, 4) is 0 Å². The zero-order valence-corrected chi connectivity index (χ0v) is 12.6. The van der Waals surface area contributed by atoms with Crippen molar-refractivity contribution >= 4 is 17.7 Å². The van der Waals surface area contributed by atoms with Crippen LogP contribution in [0.3, 0.4) is 0 Å². The van der Waals surface area contributed by atoms with Crippen molar-refractivity contribution in [2.24, 2.45) is 0 Å². The summed E-state index contributed by atoms with van der Waals surface area (Å²) >= 11 is 0.